The summed E-state index contributed by atoms with van der Waals surface area (Å²) in [7, 11) is 0. The van der Waals surface area contributed by atoms with Gasteiger partial charge in [0.25, 0.3) is 12.3 Å². The number of carboxylic acid groups (broad SMARTS) is 1. The molecule has 21 heavy (non-hydrogen) atoms. The highest BCUT2D eigenvalue weighted by atomic mass is 32.2. The number of carbonyl (C=O) groups is 2. The third-order valence-electron chi connectivity index (χ3n) is 3.28. The normalized spacial score (nSPS) is 19.0. The molecule has 1 unspecified atom stereocenters. The number of hydrogen-bond donors (Lipinski definition) is 1. The molecule has 0 aliphatic carbocycles. The Morgan fingerprint density at radius 2 is 2.24 bits per heavy atom. The van der Waals surface area contributed by atoms with Crippen LogP contribution in [-0.4, -0.2) is 57.0 Å². The minimum Gasteiger partial charge on any atom is -0.481 e. The Labute approximate surface area is 124 Å². The third-order valence-corrected chi connectivity index (χ3v) is 4.37. The van der Waals surface area contributed by atoms with Crippen LogP contribution in [0.5, 0.6) is 0 Å². The number of carboxylic acids is 1. The van der Waals surface area contributed by atoms with Crippen LogP contribution in [0.4, 0.5) is 8.78 Å². The van der Waals surface area contributed by atoms with Gasteiger partial charge in [0.15, 0.2) is 0 Å². The molecule has 0 aromatic carbocycles. The van der Waals surface area contributed by atoms with Crippen molar-refractivity contribution in [2.45, 2.75) is 25.4 Å². The maximum Gasteiger partial charge on any atom is 0.305 e. The Morgan fingerprint density at radius 3 is 2.90 bits per heavy atom. The fraction of sp³-hybridized carbons (Fsp3) is 0.538. The zero-order chi connectivity index (χ0) is 15.4. The molecule has 1 aromatic heterocycles. The van der Waals surface area contributed by atoms with E-state index in [0.717, 1.165) is 5.75 Å². The van der Waals surface area contributed by atoms with Crippen molar-refractivity contribution in [3.05, 3.63) is 24.0 Å². The smallest absolute Gasteiger partial charge is 0.305 e. The number of thioether (sulfide) groups is 1. The largest absolute Gasteiger partial charge is 0.481 e. The van der Waals surface area contributed by atoms with Gasteiger partial charge in [-0.25, -0.2) is 8.78 Å². The summed E-state index contributed by atoms with van der Waals surface area (Å²) >= 11 is 1.59. The predicted octanol–water partition coefficient (Wildman–Crippen LogP) is 1.79. The van der Waals surface area contributed by atoms with Crippen LogP contribution in [0.25, 0.3) is 0 Å². The lowest BCUT2D eigenvalue weighted by atomic mass is 10.2. The molecule has 2 rings (SSSR count). The molecular weight excluding hydrogens is 302 g/mol. The maximum atomic E-state index is 12.5. The van der Waals surface area contributed by atoms with E-state index in [1.165, 1.54) is 21.7 Å². The summed E-state index contributed by atoms with van der Waals surface area (Å²) < 4.78 is 26.2. The molecule has 1 aliphatic heterocycles. The minimum absolute atomic E-state index is 0.131. The number of aliphatic carboxylic acids is 1. The molecule has 1 N–H and O–H groups in total. The molecule has 0 spiro atoms. The second kappa shape index (κ2) is 6.93. The molecule has 0 bridgehead atoms. The Bertz CT molecular complexity index is 521. The molecule has 0 saturated carbocycles. The molecule has 2 heterocycles. The van der Waals surface area contributed by atoms with Crippen LogP contribution in [0.15, 0.2) is 18.3 Å². The van der Waals surface area contributed by atoms with Crippen LogP contribution >= 0.6 is 11.8 Å². The maximum absolute atomic E-state index is 12.5. The van der Waals surface area contributed by atoms with E-state index < -0.39 is 25.0 Å². The van der Waals surface area contributed by atoms with Gasteiger partial charge in [-0.3, -0.25) is 9.59 Å². The van der Waals surface area contributed by atoms with Gasteiger partial charge in [0.05, 0.1) is 19.0 Å². The van der Waals surface area contributed by atoms with Crippen LogP contribution in [-0.2, 0) is 11.3 Å². The number of aromatic nitrogens is 1. The van der Waals surface area contributed by atoms with Crippen LogP contribution < -0.4 is 0 Å². The summed E-state index contributed by atoms with van der Waals surface area (Å²) in [6, 6.07) is 2.63. The lowest BCUT2D eigenvalue weighted by Gasteiger charge is -2.34. The summed E-state index contributed by atoms with van der Waals surface area (Å²) in [5.41, 5.74) is 0.178. The van der Waals surface area contributed by atoms with E-state index >= 15 is 0 Å². The standard InChI is InChI=1S/C13H16F2N2O3S/c14-11(15)7-16-3-1-2-10(16)13(20)17-4-5-21-8-9(17)6-12(18)19/h1-3,9,11H,4-8H2,(H,18,19). The fourth-order valence-electron chi connectivity index (χ4n) is 2.36. The van der Waals surface area contributed by atoms with Crippen molar-refractivity contribution in [2.75, 3.05) is 18.1 Å². The first-order chi connectivity index (χ1) is 9.99. The fourth-order valence-corrected chi connectivity index (χ4v) is 3.42. The van der Waals surface area contributed by atoms with Crippen molar-refractivity contribution in [3.63, 3.8) is 0 Å². The second-order valence-corrected chi connectivity index (χ2v) is 5.91. The first-order valence-corrected chi connectivity index (χ1v) is 7.68. The van der Waals surface area contributed by atoms with E-state index in [1.807, 2.05) is 0 Å². The zero-order valence-electron chi connectivity index (χ0n) is 11.2. The zero-order valence-corrected chi connectivity index (χ0v) is 12.1. The number of hydrogen-bond acceptors (Lipinski definition) is 3. The quantitative estimate of drug-likeness (QED) is 0.899. The summed E-state index contributed by atoms with van der Waals surface area (Å²) in [5.74, 6) is -0.0826. The van der Waals surface area contributed by atoms with E-state index in [1.54, 1.807) is 17.8 Å². The number of nitrogens with zero attached hydrogens (tertiary/aromatic N) is 2. The van der Waals surface area contributed by atoms with Crippen LogP contribution in [0, 0.1) is 0 Å². The summed E-state index contributed by atoms with van der Waals surface area (Å²) in [6.07, 6.45) is -1.24. The lowest BCUT2D eigenvalue weighted by Crippen LogP contribution is -2.47. The summed E-state index contributed by atoms with van der Waals surface area (Å²) in [5, 5.41) is 8.92. The average Bonchev–Trinajstić information content (AvgIpc) is 2.85. The number of amides is 1. The molecule has 1 aliphatic rings. The van der Waals surface area contributed by atoms with Crippen molar-refractivity contribution >= 4 is 23.6 Å². The minimum atomic E-state index is -2.55. The Morgan fingerprint density at radius 1 is 1.48 bits per heavy atom. The Hall–Kier alpha value is -1.57. The topological polar surface area (TPSA) is 62.5 Å². The number of alkyl halides is 2. The Kier molecular flexibility index (Phi) is 5.22. The molecule has 1 atom stereocenters. The molecule has 0 radical (unpaired) electrons. The Balaban J connectivity index is 2.17. The van der Waals surface area contributed by atoms with E-state index in [-0.39, 0.29) is 18.0 Å². The van der Waals surface area contributed by atoms with Crippen molar-refractivity contribution in [2.24, 2.45) is 0 Å². The summed E-state index contributed by atoms with van der Waals surface area (Å²) in [6.45, 7) is -0.110. The monoisotopic (exact) mass is 318 g/mol. The first kappa shape index (κ1) is 15.8. The van der Waals surface area contributed by atoms with Crippen molar-refractivity contribution < 1.29 is 23.5 Å². The molecule has 5 nitrogen and oxygen atoms in total. The van der Waals surface area contributed by atoms with E-state index in [9.17, 15) is 18.4 Å². The van der Waals surface area contributed by atoms with Crippen LogP contribution in [0.1, 0.15) is 16.9 Å². The van der Waals surface area contributed by atoms with Gasteiger partial charge in [0.2, 0.25) is 0 Å². The van der Waals surface area contributed by atoms with Gasteiger partial charge in [-0.2, -0.15) is 11.8 Å². The van der Waals surface area contributed by atoms with Crippen LogP contribution in [0.3, 0.4) is 0 Å². The van der Waals surface area contributed by atoms with Gasteiger partial charge in [-0.15, -0.1) is 0 Å². The molecule has 1 fully saturated rings. The van der Waals surface area contributed by atoms with Crippen molar-refractivity contribution in [1.82, 2.24) is 9.47 Å². The van der Waals surface area contributed by atoms with Gasteiger partial charge in [-0.05, 0) is 12.1 Å². The van der Waals surface area contributed by atoms with Crippen LogP contribution in [0.2, 0.25) is 0 Å². The van der Waals surface area contributed by atoms with Gasteiger partial charge < -0.3 is 14.6 Å². The summed E-state index contributed by atoms with van der Waals surface area (Å²) in [4.78, 5) is 24.9. The molecule has 116 valence electrons. The van der Waals surface area contributed by atoms with E-state index in [4.69, 9.17) is 5.11 Å². The number of rotatable bonds is 5. The lowest BCUT2D eigenvalue weighted by molar-refractivity contribution is -0.138. The SMILES string of the molecule is O=C(O)CC1CSCCN1C(=O)c1cccn1CC(F)F. The van der Waals surface area contributed by atoms with Gasteiger partial charge in [-0.1, -0.05) is 0 Å². The number of carbonyl (C=O) groups excluding carboxylic acids is 1. The van der Waals surface area contributed by atoms with Crippen molar-refractivity contribution in [1.29, 1.82) is 0 Å². The molecule has 1 aromatic rings. The number of halogens is 2. The highest BCUT2D eigenvalue weighted by Gasteiger charge is 2.30. The van der Waals surface area contributed by atoms with Gasteiger partial charge in [0.1, 0.15) is 5.69 Å². The predicted molar refractivity (Wildman–Crippen MR) is 74.8 cm³/mol. The molecule has 8 heteroatoms. The highest BCUT2D eigenvalue weighted by Crippen LogP contribution is 2.22. The average molecular weight is 318 g/mol. The second-order valence-electron chi connectivity index (χ2n) is 4.76. The molecular formula is C13H16F2N2O3S. The van der Waals surface area contributed by atoms with Crippen molar-refractivity contribution in [3.8, 4) is 0 Å². The van der Waals surface area contributed by atoms with E-state index in [2.05, 4.69) is 0 Å². The first-order valence-electron chi connectivity index (χ1n) is 6.53. The molecule has 1 saturated heterocycles. The van der Waals surface area contributed by atoms with E-state index in [0.29, 0.717) is 12.3 Å². The highest BCUT2D eigenvalue weighted by molar-refractivity contribution is 7.99. The molecule has 1 amide bonds. The van der Waals surface area contributed by atoms with Gasteiger partial charge >= 0.3 is 5.97 Å². The van der Waals surface area contributed by atoms with Gasteiger partial charge in [0, 0.05) is 24.2 Å². The third kappa shape index (κ3) is 3.96.